The minimum Gasteiger partial charge on any atom is -0.457 e. The summed E-state index contributed by atoms with van der Waals surface area (Å²) in [6.45, 7) is 0.535. The predicted octanol–water partition coefficient (Wildman–Crippen LogP) is 4.33. The first kappa shape index (κ1) is 22.5. The van der Waals surface area contributed by atoms with Crippen LogP contribution < -0.4 is 15.2 Å². The van der Waals surface area contributed by atoms with Crippen molar-refractivity contribution in [3.63, 3.8) is 0 Å². The Morgan fingerprint density at radius 1 is 1.03 bits per heavy atom. The van der Waals surface area contributed by atoms with Crippen LogP contribution in [0.1, 0.15) is 31.7 Å². The molecule has 1 atom stereocenters. The first-order valence-electron chi connectivity index (χ1n) is 11.2. The van der Waals surface area contributed by atoms with E-state index >= 15 is 0 Å². The van der Waals surface area contributed by atoms with Gasteiger partial charge in [-0.05, 0) is 68.0 Å². The third-order valence-electron chi connectivity index (χ3n) is 6.28. The third kappa shape index (κ3) is 4.79. The van der Waals surface area contributed by atoms with Crippen LogP contribution in [0.15, 0.2) is 60.9 Å². The lowest BCUT2D eigenvalue weighted by Gasteiger charge is -2.28. The van der Waals surface area contributed by atoms with Crippen LogP contribution in [0, 0.1) is 5.92 Å². The van der Waals surface area contributed by atoms with E-state index in [1.54, 1.807) is 0 Å². The topological polar surface area (TPSA) is 128 Å². The number of benzene rings is 2. The maximum absolute atomic E-state index is 10.9. The first-order chi connectivity index (χ1) is 16.6. The quantitative estimate of drug-likeness (QED) is 0.337. The van der Waals surface area contributed by atoms with Gasteiger partial charge in [-0.15, -0.1) is 0 Å². The van der Waals surface area contributed by atoms with E-state index in [1.807, 2.05) is 59.3 Å². The summed E-state index contributed by atoms with van der Waals surface area (Å²) in [5, 5.41) is 5.69. The summed E-state index contributed by atoms with van der Waals surface area (Å²) in [4.78, 5) is 8.72. The SMILES string of the molecule is Nc1ncnc2c1c(-c1ccc(Oc3ccccc3)cc1)nn2C1CCC(CNS(=O)O)CC1. The van der Waals surface area contributed by atoms with Crippen molar-refractivity contribution in [3.8, 4) is 22.8 Å². The molecule has 176 valence electrons. The number of fused-ring (bicyclic) bond motifs is 1. The molecule has 1 aliphatic rings. The average molecular weight is 479 g/mol. The highest BCUT2D eigenvalue weighted by Crippen LogP contribution is 2.37. The number of nitrogens with one attached hydrogen (secondary N) is 1. The van der Waals surface area contributed by atoms with Gasteiger partial charge >= 0.3 is 0 Å². The number of nitrogens with zero attached hydrogens (tertiary/aromatic N) is 4. The molecule has 0 aliphatic heterocycles. The zero-order valence-corrected chi connectivity index (χ0v) is 19.3. The zero-order valence-electron chi connectivity index (χ0n) is 18.5. The number of hydrogen-bond acceptors (Lipinski definition) is 6. The highest BCUT2D eigenvalue weighted by atomic mass is 32.2. The molecule has 1 fully saturated rings. The predicted molar refractivity (Wildman–Crippen MR) is 131 cm³/mol. The lowest BCUT2D eigenvalue weighted by molar-refractivity contribution is 0.265. The van der Waals surface area contributed by atoms with Gasteiger partial charge in [-0.1, -0.05) is 18.2 Å². The number of anilines is 1. The third-order valence-corrected chi connectivity index (χ3v) is 6.70. The standard InChI is InChI=1S/C24H26N6O3S/c25-23-21-22(17-8-12-20(13-9-17)33-19-4-2-1-3-5-19)29-30(24(21)27-15-26-23)18-10-6-16(7-11-18)14-28-34(31)32/h1-5,8-9,12-13,15-16,18,28H,6-7,10-11,14H2,(H,31,32)(H2,25,26,27). The van der Waals surface area contributed by atoms with Crippen LogP contribution in [0.4, 0.5) is 5.82 Å². The largest absolute Gasteiger partial charge is 0.457 e. The molecule has 0 amide bonds. The molecule has 0 saturated heterocycles. The van der Waals surface area contributed by atoms with Crippen molar-refractivity contribution < 1.29 is 13.5 Å². The molecular formula is C24H26N6O3S. The van der Waals surface area contributed by atoms with Crippen molar-refractivity contribution in [1.82, 2.24) is 24.5 Å². The normalized spacial score (nSPS) is 19.2. The molecular weight excluding hydrogens is 452 g/mol. The molecule has 4 N–H and O–H groups in total. The molecule has 9 nitrogen and oxygen atoms in total. The molecule has 1 unspecified atom stereocenters. The molecule has 0 spiro atoms. The van der Waals surface area contributed by atoms with E-state index in [-0.39, 0.29) is 6.04 Å². The van der Waals surface area contributed by atoms with E-state index in [1.165, 1.54) is 6.33 Å². The molecule has 34 heavy (non-hydrogen) atoms. The molecule has 2 aromatic heterocycles. The minimum atomic E-state index is -1.97. The minimum absolute atomic E-state index is 0.183. The second kappa shape index (κ2) is 9.88. The van der Waals surface area contributed by atoms with Crippen LogP contribution in [-0.4, -0.2) is 35.1 Å². The van der Waals surface area contributed by atoms with E-state index in [4.69, 9.17) is 20.1 Å². The van der Waals surface area contributed by atoms with Gasteiger partial charge in [0, 0.05) is 12.1 Å². The molecule has 10 heteroatoms. The maximum Gasteiger partial charge on any atom is 0.231 e. The summed E-state index contributed by atoms with van der Waals surface area (Å²) >= 11 is -1.97. The molecule has 5 rings (SSSR count). The number of rotatable bonds is 7. The molecule has 0 bridgehead atoms. The van der Waals surface area contributed by atoms with E-state index in [0.29, 0.717) is 18.3 Å². The molecule has 2 heterocycles. The fraction of sp³-hybridized carbons (Fsp3) is 0.292. The number of para-hydroxylation sites is 1. The number of nitrogen functional groups attached to an aromatic ring is 1. The second-order valence-corrected chi connectivity index (χ2v) is 9.25. The summed E-state index contributed by atoms with van der Waals surface area (Å²) < 4.78 is 30.4. The van der Waals surface area contributed by atoms with Crippen LogP contribution in [0.2, 0.25) is 0 Å². The monoisotopic (exact) mass is 478 g/mol. The fourth-order valence-electron chi connectivity index (χ4n) is 4.54. The lowest BCUT2D eigenvalue weighted by atomic mass is 9.86. The van der Waals surface area contributed by atoms with E-state index in [2.05, 4.69) is 14.7 Å². The zero-order chi connectivity index (χ0) is 23.5. The Balaban J connectivity index is 1.40. The summed E-state index contributed by atoms with van der Waals surface area (Å²) in [6.07, 6.45) is 5.18. The van der Waals surface area contributed by atoms with Gasteiger partial charge in [0.05, 0.1) is 11.4 Å². The van der Waals surface area contributed by atoms with Gasteiger partial charge in [-0.2, -0.15) is 5.10 Å². The van der Waals surface area contributed by atoms with E-state index in [9.17, 15) is 4.21 Å². The number of ether oxygens (including phenoxy) is 1. The van der Waals surface area contributed by atoms with Crippen LogP contribution in [0.3, 0.4) is 0 Å². The van der Waals surface area contributed by atoms with Crippen molar-refractivity contribution in [2.45, 2.75) is 31.7 Å². The second-order valence-electron chi connectivity index (χ2n) is 8.46. The van der Waals surface area contributed by atoms with Gasteiger partial charge in [0.15, 0.2) is 5.65 Å². The average Bonchev–Trinajstić information content (AvgIpc) is 3.25. The molecule has 1 aliphatic carbocycles. The molecule has 1 saturated carbocycles. The smallest absolute Gasteiger partial charge is 0.231 e. The summed E-state index contributed by atoms with van der Waals surface area (Å²) in [5.74, 6) is 2.28. The van der Waals surface area contributed by atoms with Crippen molar-refractivity contribution in [1.29, 1.82) is 0 Å². The Kier molecular flexibility index (Phi) is 6.52. The van der Waals surface area contributed by atoms with Crippen LogP contribution >= 0.6 is 0 Å². The van der Waals surface area contributed by atoms with Gasteiger partial charge in [0.1, 0.15) is 29.3 Å². The van der Waals surface area contributed by atoms with Gasteiger partial charge in [0.25, 0.3) is 0 Å². The lowest BCUT2D eigenvalue weighted by Crippen LogP contribution is -2.28. The highest BCUT2D eigenvalue weighted by molar-refractivity contribution is 7.77. The number of aromatic nitrogens is 4. The van der Waals surface area contributed by atoms with Gasteiger partial charge in [0.2, 0.25) is 11.3 Å². The fourth-order valence-corrected chi connectivity index (χ4v) is 4.92. The first-order valence-corrected chi connectivity index (χ1v) is 12.4. The van der Waals surface area contributed by atoms with E-state index in [0.717, 1.165) is 59.5 Å². The number of hydrogen-bond donors (Lipinski definition) is 3. The number of nitrogens with two attached hydrogens (primary N) is 1. The Morgan fingerprint density at radius 3 is 2.44 bits per heavy atom. The van der Waals surface area contributed by atoms with Crippen molar-refractivity contribution in [2.24, 2.45) is 5.92 Å². The van der Waals surface area contributed by atoms with Gasteiger partial charge in [-0.3, -0.25) is 4.55 Å². The van der Waals surface area contributed by atoms with Crippen molar-refractivity contribution in [2.75, 3.05) is 12.3 Å². The summed E-state index contributed by atoms with van der Waals surface area (Å²) in [5.41, 5.74) is 8.66. The Morgan fingerprint density at radius 2 is 1.74 bits per heavy atom. The molecule has 4 aromatic rings. The molecule has 0 radical (unpaired) electrons. The van der Waals surface area contributed by atoms with Crippen LogP contribution in [0.5, 0.6) is 11.5 Å². The summed E-state index contributed by atoms with van der Waals surface area (Å²) in [6, 6.07) is 17.6. The van der Waals surface area contributed by atoms with E-state index < -0.39 is 11.3 Å². The van der Waals surface area contributed by atoms with Crippen LogP contribution in [0.25, 0.3) is 22.3 Å². The van der Waals surface area contributed by atoms with Gasteiger partial charge < -0.3 is 10.5 Å². The van der Waals surface area contributed by atoms with Gasteiger partial charge in [-0.25, -0.2) is 23.6 Å². The molecule has 2 aromatic carbocycles. The Bertz CT molecular complexity index is 1290. The Labute approximate surface area is 199 Å². The maximum atomic E-state index is 10.9. The van der Waals surface area contributed by atoms with Crippen molar-refractivity contribution in [3.05, 3.63) is 60.9 Å². The summed E-state index contributed by atoms with van der Waals surface area (Å²) in [7, 11) is 0. The van der Waals surface area contributed by atoms with Crippen LogP contribution in [-0.2, 0) is 11.3 Å². The van der Waals surface area contributed by atoms with Crippen molar-refractivity contribution >= 4 is 28.1 Å². The highest BCUT2D eigenvalue weighted by Gasteiger charge is 2.27. The Hall–Kier alpha value is -3.34.